The smallest absolute Gasteiger partial charge is 0.361 e. The van der Waals surface area contributed by atoms with Crippen molar-refractivity contribution in [1.29, 1.82) is 5.41 Å². The number of hydrogen-bond acceptors (Lipinski definition) is 6. The fourth-order valence-electron chi connectivity index (χ4n) is 2.22. The Morgan fingerprint density at radius 1 is 1.28 bits per heavy atom. The molecule has 0 radical (unpaired) electrons. The van der Waals surface area contributed by atoms with Gasteiger partial charge in [-0.05, 0) is 24.6 Å². The molecule has 3 N–H and O–H groups in total. The lowest BCUT2D eigenvalue weighted by Crippen LogP contribution is -2.30. The number of rotatable bonds is 8. The highest BCUT2D eigenvalue weighted by atomic mass is 35.5. The molecule has 0 saturated carbocycles. The fraction of sp³-hybridized carbons (Fsp3) is 0.235. The molecule has 2 aromatic heterocycles. The lowest BCUT2D eigenvalue weighted by atomic mass is 10.2. The van der Waals surface area contributed by atoms with Gasteiger partial charge in [-0.3, -0.25) is 14.7 Å². The summed E-state index contributed by atoms with van der Waals surface area (Å²) >= 11 is 6.03. The highest BCUT2D eigenvalue weighted by Crippen LogP contribution is 2.28. The third-order valence-corrected chi connectivity index (χ3v) is 4.95. The van der Waals surface area contributed by atoms with Gasteiger partial charge in [0.1, 0.15) is 0 Å². The molecule has 0 aliphatic carbocycles. The molecule has 2 rings (SSSR count). The Labute approximate surface area is 170 Å². The molecule has 12 heteroatoms. The van der Waals surface area contributed by atoms with Crippen molar-refractivity contribution in [2.45, 2.75) is 25.3 Å². The number of allylic oxidation sites excluding steroid dienone is 1. The van der Waals surface area contributed by atoms with Gasteiger partial charge in [-0.2, -0.15) is 21.6 Å². The predicted molar refractivity (Wildman–Crippen MR) is 106 cm³/mol. The fourth-order valence-corrected chi connectivity index (χ4v) is 3.03. The summed E-state index contributed by atoms with van der Waals surface area (Å²) in [5.41, 5.74) is -4.00. The Bertz CT molecular complexity index is 1030. The highest BCUT2D eigenvalue weighted by molar-refractivity contribution is 7.93. The van der Waals surface area contributed by atoms with Gasteiger partial charge in [0.2, 0.25) is 0 Å². The molecular formula is C17H17ClF3N5O2S. The number of aromatic nitrogens is 2. The number of hydrogen-bond donors (Lipinski definition) is 3. The van der Waals surface area contributed by atoms with E-state index in [4.69, 9.17) is 17.0 Å². The van der Waals surface area contributed by atoms with E-state index in [0.29, 0.717) is 5.69 Å². The maximum absolute atomic E-state index is 12.5. The van der Waals surface area contributed by atoms with Crippen LogP contribution in [0.15, 0.2) is 36.8 Å². The van der Waals surface area contributed by atoms with Gasteiger partial charge in [-0.1, -0.05) is 24.9 Å². The lowest BCUT2D eigenvalue weighted by molar-refractivity contribution is -0.0429. The summed E-state index contributed by atoms with van der Waals surface area (Å²) in [5, 5.41) is 10.4. The van der Waals surface area contributed by atoms with Crippen molar-refractivity contribution >= 4 is 44.8 Å². The molecule has 2 aromatic rings. The number of nitrogens with zero attached hydrogens (tertiary/aromatic N) is 2. The third-order valence-electron chi connectivity index (χ3n) is 3.54. The number of aryl methyl sites for hydroxylation is 1. The van der Waals surface area contributed by atoms with Crippen molar-refractivity contribution in [2.24, 2.45) is 0 Å². The van der Waals surface area contributed by atoms with Crippen molar-refractivity contribution in [3.63, 3.8) is 0 Å². The first-order chi connectivity index (χ1) is 13.6. The molecule has 0 spiro atoms. The SMILES string of the molecule is CCCc1cc(N/C=C(\C=N)c2ncc(NS(=O)(=O)C(F)(F)F)cc2Cl)ccn1. The molecule has 0 atom stereocenters. The molecule has 29 heavy (non-hydrogen) atoms. The summed E-state index contributed by atoms with van der Waals surface area (Å²) in [6.07, 6.45) is 6.66. The van der Waals surface area contributed by atoms with E-state index in [1.54, 1.807) is 12.3 Å². The van der Waals surface area contributed by atoms with Crippen molar-refractivity contribution in [1.82, 2.24) is 9.97 Å². The molecule has 0 aliphatic heterocycles. The minimum Gasteiger partial charge on any atom is -0.361 e. The average molecular weight is 448 g/mol. The van der Waals surface area contributed by atoms with E-state index in [0.717, 1.165) is 37.0 Å². The molecule has 0 bridgehead atoms. The first-order valence-electron chi connectivity index (χ1n) is 8.24. The maximum Gasteiger partial charge on any atom is 0.516 e. The van der Waals surface area contributed by atoms with Gasteiger partial charge in [0, 0.05) is 35.6 Å². The van der Waals surface area contributed by atoms with Crippen LogP contribution in [0, 0.1) is 5.41 Å². The van der Waals surface area contributed by atoms with Gasteiger partial charge in [0.25, 0.3) is 0 Å². The van der Waals surface area contributed by atoms with Crippen LogP contribution in [0.4, 0.5) is 24.5 Å². The summed E-state index contributed by atoms with van der Waals surface area (Å²) in [5.74, 6) is 0. The minimum absolute atomic E-state index is 0.0898. The van der Waals surface area contributed by atoms with Gasteiger partial charge in [-0.25, -0.2) is 0 Å². The number of sulfonamides is 1. The molecule has 0 aromatic carbocycles. The van der Waals surface area contributed by atoms with Crippen LogP contribution in [0.25, 0.3) is 5.57 Å². The van der Waals surface area contributed by atoms with E-state index in [9.17, 15) is 21.6 Å². The molecule has 7 nitrogen and oxygen atoms in total. The Hall–Kier alpha value is -2.66. The van der Waals surface area contributed by atoms with Gasteiger partial charge in [-0.15, -0.1) is 0 Å². The van der Waals surface area contributed by atoms with Gasteiger partial charge in [0.15, 0.2) is 0 Å². The van der Waals surface area contributed by atoms with E-state index in [1.165, 1.54) is 10.9 Å². The van der Waals surface area contributed by atoms with E-state index < -0.39 is 21.2 Å². The summed E-state index contributed by atoms with van der Waals surface area (Å²) in [4.78, 5) is 8.11. The van der Waals surface area contributed by atoms with Gasteiger partial charge < -0.3 is 10.7 Å². The standard InChI is InChI=1S/C17H17ClF3N5O2S/c1-2-3-12-6-13(4-5-23-12)24-9-11(8-22)16-15(18)7-14(10-25-16)26-29(27,28)17(19,20)21/h4-10,22,26H,2-3H2,1H3,(H,23,24)/b11-9+,22-8?. The number of alkyl halides is 3. The van der Waals surface area contributed by atoms with E-state index in [2.05, 4.69) is 15.3 Å². The highest BCUT2D eigenvalue weighted by Gasteiger charge is 2.46. The predicted octanol–water partition coefficient (Wildman–Crippen LogP) is 4.45. The zero-order valence-corrected chi connectivity index (χ0v) is 16.7. The van der Waals surface area contributed by atoms with Gasteiger partial charge >= 0.3 is 15.5 Å². The second-order valence-electron chi connectivity index (χ2n) is 5.78. The van der Waals surface area contributed by atoms with Crippen LogP contribution in [0.5, 0.6) is 0 Å². The monoisotopic (exact) mass is 447 g/mol. The molecule has 0 amide bonds. The van der Waals surface area contributed by atoms with Crippen LogP contribution < -0.4 is 10.0 Å². The first kappa shape index (κ1) is 22.6. The third kappa shape index (κ3) is 5.91. The summed E-state index contributed by atoms with van der Waals surface area (Å²) in [6.45, 7) is 2.03. The number of pyridine rings is 2. The van der Waals surface area contributed by atoms with Crippen molar-refractivity contribution in [3.05, 3.63) is 53.2 Å². The molecule has 0 fully saturated rings. The number of nitrogens with one attached hydrogen (secondary N) is 3. The van der Waals surface area contributed by atoms with Crippen LogP contribution in [0.2, 0.25) is 5.02 Å². The average Bonchev–Trinajstić information content (AvgIpc) is 2.63. The van der Waals surface area contributed by atoms with E-state index >= 15 is 0 Å². The molecule has 2 heterocycles. The topological polar surface area (TPSA) is 108 Å². The Balaban J connectivity index is 2.24. The number of anilines is 2. The summed E-state index contributed by atoms with van der Waals surface area (Å²) in [7, 11) is -5.59. The van der Waals surface area contributed by atoms with Crippen molar-refractivity contribution < 1.29 is 21.6 Å². The van der Waals surface area contributed by atoms with Crippen LogP contribution in [-0.2, 0) is 16.4 Å². The zero-order chi connectivity index (χ0) is 21.7. The first-order valence-corrected chi connectivity index (χ1v) is 10.1. The minimum atomic E-state index is -5.59. The quantitative estimate of drug-likeness (QED) is 0.518. The maximum atomic E-state index is 12.5. The van der Waals surface area contributed by atoms with Gasteiger partial charge in [0.05, 0.1) is 22.6 Å². The molecular weight excluding hydrogens is 431 g/mol. The molecule has 156 valence electrons. The summed E-state index contributed by atoms with van der Waals surface area (Å²) < 4.78 is 61.1. The molecule has 0 unspecified atom stereocenters. The van der Waals surface area contributed by atoms with Crippen LogP contribution in [0.1, 0.15) is 24.7 Å². The molecule has 0 saturated heterocycles. The number of halogens is 4. The van der Waals surface area contributed by atoms with Crippen molar-refractivity contribution in [3.8, 4) is 0 Å². The summed E-state index contributed by atoms with van der Waals surface area (Å²) in [6, 6.07) is 4.54. The van der Waals surface area contributed by atoms with Crippen molar-refractivity contribution in [2.75, 3.05) is 10.0 Å². The second kappa shape index (κ2) is 9.23. The normalized spacial score (nSPS) is 12.5. The Morgan fingerprint density at radius 3 is 2.59 bits per heavy atom. The van der Waals surface area contributed by atoms with Crippen LogP contribution in [-0.4, -0.2) is 30.1 Å². The van der Waals surface area contributed by atoms with Crippen LogP contribution >= 0.6 is 11.6 Å². The molecule has 0 aliphatic rings. The van der Waals surface area contributed by atoms with Crippen LogP contribution in [0.3, 0.4) is 0 Å². The zero-order valence-electron chi connectivity index (χ0n) is 15.1. The Morgan fingerprint density at radius 2 is 2.00 bits per heavy atom. The van der Waals surface area contributed by atoms with E-state index in [-0.39, 0.29) is 16.3 Å². The second-order valence-corrected chi connectivity index (χ2v) is 7.86. The van der Waals surface area contributed by atoms with E-state index in [1.807, 2.05) is 13.0 Å². The lowest BCUT2D eigenvalue weighted by Gasteiger charge is -2.12. The largest absolute Gasteiger partial charge is 0.516 e. The Kier molecular flexibility index (Phi) is 7.20.